The molecule has 1 aromatic heterocycles. The average molecular weight is 245 g/mol. The minimum atomic E-state index is -0.308. The Morgan fingerprint density at radius 3 is 3.17 bits per heavy atom. The Kier molecular flexibility index (Phi) is 2.84. The zero-order chi connectivity index (χ0) is 12.6. The van der Waals surface area contributed by atoms with Crippen molar-refractivity contribution in [2.24, 2.45) is 0 Å². The maximum atomic E-state index is 9.31. The molecule has 3 rings (SSSR count). The van der Waals surface area contributed by atoms with E-state index < -0.39 is 0 Å². The standard InChI is InChI=1S/C13H19N5/c1-15-13(10-14)3-2-11(8-13)18-7-6-17-5-4-16-12(17)9-18/h4-5,11,15H,2-3,6-9H2,1H3. The van der Waals surface area contributed by atoms with Gasteiger partial charge in [-0.1, -0.05) is 0 Å². The zero-order valence-corrected chi connectivity index (χ0v) is 10.8. The maximum absolute atomic E-state index is 9.31. The molecule has 2 unspecified atom stereocenters. The number of fused-ring (bicyclic) bond motifs is 1. The first kappa shape index (κ1) is 11.7. The van der Waals surface area contributed by atoms with Crippen LogP contribution in [0, 0.1) is 11.3 Å². The fourth-order valence-corrected chi connectivity index (χ4v) is 3.22. The normalized spacial score (nSPS) is 32.1. The van der Waals surface area contributed by atoms with Crippen molar-refractivity contribution in [1.82, 2.24) is 19.8 Å². The SMILES string of the molecule is CNC1(C#N)CCC(N2CCn3ccnc3C2)C1. The van der Waals surface area contributed by atoms with Crippen LogP contribution in [0.25, 0.3) is 0 Å². The molecule has 0 bridgehead atoms. The number of rotatable bonds is 2. The predicted molar refractivity (Wildman–Crippen MR) is 67.7 cm³/mol. The molecule has 0 aromatic carbocycles. The van der Waals surface area contributed by atoms with Crippen LogP contribution in [0.3, 0.4) is 0 Å². The summed E-state index contributed by atoms with van der Waals surface area (Å²) in [6.45, 7) is 3.01. The van der Waals surface area contributed by atoms with Gasteiger partial charge in [0.15, 0.2) is 0 Å². The number of imidazole rings is 1. The highest BCUT2D eigenvalue weighted by molar-refractivity contribution is 5.13. The fourth-order valence-electron chi connectivity index (χ4n) is 3.22. The number of hydrogen-bond donors (Lipinski definition) is 1. The Balaban J connectivity index is 1.70. The van der Waals surface area contributed by atoms with Gasteiger partial charge in [0.1, 0.15) is 11.4 Å². The van der Waals surface area contributed by atoms with Crippen LogP contribution in [-0.4, -0.2) is 39.6 Å². The second kappa shape index (κ2) is 4.38. The van der Waals surface area contributed by atoms with Gasteiger partial charge in [-0.05, 0) is 26.3 Å². The van der Waals surface area contributed by atoms with Crippen LogP contribution in [-0.2, 0) is 13.1 Å². The molecule has 0 spiro atoms. The van der Waals surface area contributed by atoms with Crippen molar-refractivity contribution >= 4 is 0 Å². The maximum Gasteiger partial charge on any atom is 0.122 e. The number of nitriles is 1. The zero-order valence-electron chi connectivity index (χ0n) is 10.8. The highest BCUT2D eigenvalue weighted by atomic mass is 15.3. The van der Waals surface area contributed by atoms with Crippen molar-refractivity contribution in [1.29, 1.82) is 5.26 Å². The first-order chi connectivity index (χ1) is 8.76. The molecule has 0 radical (unpaired) electrons. The molecule has 1 N–H and O–H groups in total. The van der Waals surface area contributed by atoms with Crippen molar-refractivity contribution in [3.05, 3.63) is 18.2 Å². The van der Waals surface area contributed by atoms with Crippen LogP contribution >= 0.6 is 0 Å². The Hall–Kier alpha value is -1.38. The van der Waals surface area contributed by atoms with E-state index in [1.807, 2.05) is 13.2 Å². The van der Waals surface area contributed by atoms with Crippen LogP contribution in [0.2, 0.25) is 0 Å². The van der Waals surface area contributed by atoms with Crippen LogP contribution < -0.4 is 5.32 Å². The van der Waals surface area contributed by atoms with Gasteiger partial charge in [0.05, 0.1) is 12.6 Å². The summed E-state index contributed by atoms with van der Waals surface area (Å²) in [5.74, 6) is 1.15. The molecule has 1 fully saturated rings. The van der Waals surface area contributed by atoms with E-state index in [1.54, 1.807) is 0 Å². The molecular weight excluding hydrogens is 226 g/mol. The van der Waals surface area contributed by atoms with E-state index in [9.17, 15) is 5.26 Å². The Morgan fingerprint density at radius 2 is 2.44 bits per heavy atom. The van der Waals surface area contributed by atoms with E-state index in [1.165, 1.54) is 0 Å². The Bertz CT molecular complexity index is 474. The molecule has 5 heteroatoms. The van der Waals surface area contributed by atoms with Gasteiger partial charge in [0.2, 0.25) is 0 Å². The summed E-state index contributed by atoms with van der Waals surface area (Å²) in [6, 6.07) is 2.97. The highest BCUT2D eigenvalue weighted by Crippen LogP contribution is 2.33. The molecular formula is C13H19N5. The topological polar surface area (TPSA) is 56.9 Å². The predicted octanol–water partition coefficient (Wildman–Crippen LogP) is 0.733. The Morgan fingerprint density at radius 1 is 1.56 bits per heavy atom. The number of nitrogens with zero attached hydrogens (tertiary/aromatic N) is 4. The van der Waals surface area contributed by atoms with Crippen LogP contribution in [0.4, 0.5) is 0 Å². The third-order valence-corrected chi connectivity index (χ3v) is 4.47. The molecule has 2 aliphatic rings. The summed E-state index contributed by atoms with van der Waals surface area (Å²) in [4.78, 5) is 6.88. The van der Waals surface area contributed by atoms with Gasteiger partial charge in [-0.2, -0.15) is 5.26 Å². The van der Waals surface area contributed by atoms with Crippen molar-refractivity contribution in [2.45, 2.75) is 43.9 Å². The van der Waals surface area contributed by atoms with Gasteiger partial charge >= 0.3 is 0 Å². The number of nitrogens with one attached hydrogen (secondary N) is 1. The van der Waals surface area contributed by atoms with Crippen molar-refractivity contribution < 1.29 is 0 Å². The van der Waals surface area contributed by atoms with Gasteiger partial charge in [0.25, 0.3) is 0 Å². The van der Waals surface area contributed by atoms with E-state index in [0.717, 1.165) is 44.7 Å². The van der Waals surface area contributed by atoms with Gasteiger partial charge in [-0.25, -0.2) is 4.98 Å². The molecule has 1 saturated carbocycles. The molecule has 5 nitrogen and oxygen atoms in total. The monoisotopic (exact) mass is 245 g/mol. The Labute approximate surface area is 107 Å². The van der Waals surface area contributed by atoms with E-state index in [-0.39, 0.29) is 5.54 Å². The van der Waals surface area contributed by atoms with E-state index >= 15 is 0 Å². The van der Waals surface area contributed by atoms with Gasteiger partial charge in [-0.3, -0.25) is 4.90 Å². The lowest BCUT2D eigenvalue weighted by Crippen LogP contribution is -2.44. The summed E-state index contributed by atoms with van der Waals surface area (Å²) < 4.78 is 2.22. The van der Waals surface area contributed by atoms with Gasteiger partial charge in [0, 0.05) is 31.5 Å². The summed E-state index contributed by atoms with van der Waals surface area (Å²) in [7, 11) is 1.90. The first-order valence-corrected chi connectivity index (χ1v) is 6.60. The third kappa shape index (κ3) is 1.82. The summed E-state index contributed by atoms with van der Waals surface area (Å²) in [5.41, 5.74) is -0.308. The first-order valence-electron chi connectivity index (χ1n) is 6.60. The second-order valence-electron chi connectivity index (χ2n) is 5.35. The highest BCUT2D eigenvalue weighted by Gasteiger charge is 2.41. The minimum absolute atomic E-state index is 0.308. The molecule has 1 aromatic rings. The smallest absolute Gasteiger partial charge is 0.122 e. The molecule has 0 amide bonds. The minimum Gasteiger partial charge on any atom is -0.333 e. The summed E-state index contributed by atoms with van der Waals surface area (Å²) in [5, 5.41) is 12.5. The van der Waals surface area contributed by atoms with Crippen molar-refractivity contribution in [3.63, 3.8) is 0 Å². The molecule has 2 atom stereocenters. The van der Waals surface area contributed by atoms with E-state index in [0.29, 0.717) is 6.04 Å². The van der Waals surface area contributed by atoms with Crippen molar-refractivity contribution in [2.75, 3.05) is 13.6 Å². The molecule has 1 aliphatic heterocycles. The quantitative estimate of drug-likeness (QED) is 0.834. The molecule has 0 saturated heterocycles. The number of hydrogen-bond acceptors (Lipinski definition) is 4. The van der Waals surface area contributed by atoms with Crippen LogP contribution in [0.1, 0.15) is 25.1 Å². The van der Waals surface area contributed by atoms with Gasteiger partial charge < -0.3 is 9.88 Å². The molecule has 96 valence electrons. The lowest BCUT2D eigenvalue weighted by atomic mass is 10.00. The molecule has 1 aliphatic carbocycles. The lowest BCUT2D eigenvalue weighted by Gasteiger charge is -2.33. The largest absolute Gasteiger partial charge is 0.333 e. The lowest BCUT2D eigenvalue weighted by molar-refractivity contribution is 0.150. The number of aromatic nitrogens is 2. The van der Waals surface area contributed by atoms with Crippen LogP contribution in [0.15, 0.2) is 12.4 Å². The average Bonchev–Trinajstić information content (AvgIpc) is 3.05. The molecule has 2 heterocycles. The van der Waals surface area contributed by atoms with E-state index in [4.69, 9.17) is 0 Å². The third-order valence-electron chi connectivity index (χ3n) is 4.47. The second-order valence-corrected chi connectivity index (χ2v) is 5.35. The van der Waals surface area contributed by atoms with E-state index in [2.05, 4.69) is 32.0 Å². The van der Waals surface area contributed by atoms with Crippen molar-refractivity contribution in [3.8, 4) is 6.07 Å². The van der Waals surface area contributed by atoms with Gasteiger partial charge in [-0.15, -0.1) is 0 Å². The van der Waals surface area contributed by atoms with Crippen LogP contribution in [0.5, 0.6) is 0 Å². The summed E-state index contributed by atoms with van der Waals surface area (Å²) in [6.07, 6.45) is 6.92. The molecule has 18 heavy (non-hydrogen) atoms. The fraction of sp³-hybridized carbons (Fsp3) is 0.692. The summed E-state index contributed by atoms with van der Waals surface area (Å²) >= 11 is 0.